The number of carbonyl (C=O) groups is 1. The van der Waals surface area contributed by atoms with E-state index in [0.29, 0.717) is 34.7 Å². The minimum atomic E-state index is -0.551. The zero-order chi connectivity index (χ0) is 24.7. The van der Waals surface area contributed by atoms with Crippen LogP contribution in [0.25, 0.3) is 0 Å². The van der Waals surface area contributed by atoms with Gasteiger partial charge in [0, 0.05) is 24.4 Å². The van der Waals surface area contributed by atoms with Crippen LogP contribution >= 0.6 is 11.8 Å². The molecule has 11 heteroatoms. The van der Waals surface area contributed by atoms with Crippen LogP contribution in [-0.4, -0.2) is 38.0 Å². The van der Waals surface area contributed by atoms with Gasteiger partial charge in [0.2, 0.25) is 5.91 Å². The molecule has 34 heavy (non-hydrogen) atoms. The molecular weight excluding hydrogens is 458 g/mol. The van der Waals surface area contributed by atoms with Crippen LogP contribution in [0.15, 0.2) is 66.3 Å². The topological polar surface area (TPSA) is 121 Å². The Kier molecular flexibility index (Phi) is 8.25. The number of aromatic nitrogens is 3. The predicted octanol–water partition coefficient (Wildman–Crippen LogP) is 4.64. The van der Waals surface area contributed by atoms with Crippen LogP contribution in [0.4, 0.5) is 11.4 Å². The quantitative estimate of drug-likeness (QED) is 0.181. The number of non-ortho nitro benzene ring substituents is 1. The van der Waals surface area contributed by atoms with Crippen LogP contribution in [-0.2, 0) is 11.3 Å². The summed E-state index contributed by atoms with van der Waals surface area (Å²) in [5.41, 5.74) is 0.247. The summed E-state index contributed by atoms with van der Waals surface area (Å²) in [6.07, 6.45) is 1.26. The maximum Gasteiger partial charge on any atom is 0.271 e. The van der Waals surface area contributed by atoms with Gasteiger partial charge in [0.05, 0.1) is 17.3 Å². The number of nitro groups is 1. The van der Waals surface area contributed by atoms with Crippen molar-refractivity contribution < 1.29 is 19.2 Å². The molecule has 0 saturated carbocycles. The van der Waals surface area contributed by atoms with Crippen molar-refractivity contribution in [1.29, 1.82) is 0 Å². The Bertz CT molecular complexity index is 1180. The maximum atomic E-state index is 12.7. The van der Waals surface area contributed by atoms with Crippen LogP contribution < -0.4 is 14.8 Å². The standard InChI is InChI=1S/C23H25N5O5S/c1-5-13-27-21(15(2)33-20-12-7-6-11-19(20)32-4)25-26-23(27)34-16(3)22(29)24-17-9-8-10-18(14-17)28(30)31/h5-12,14-16H,1,13H2,2-4H3,(H,24,29). The van der Waals surface area contributed by atoms with E-state index in [1.54, 1.807) is 38.3 Å². The number of amides is 1. The highest BCUT2D eigenvalue weighted by Crippen LogP contribution is 2.32. The summed E-state index contributed by atoms with van der Waals surface area (Å²) in [6, 6.07) is 13.1. The number of thioether (sulfide) groups is 1. The Morgan fingerprint density at radius 3 is 2.65 bits per heavy atom. The number of ether oxygens (including phenoxy) is 2. The molecule has 2 unspecified atom stereocenters. The predicted molar refractivity (Wildman–Crippen MR) is 129 cm³/mol. The van der Waals surface area contributed by atoms with Crippen molar-refractivity contribution in [2.75, 3.05) is 12.4 Å². The van der Waals surface area contributed by atoms with E-state index in [2.05, 4.69) is 22.1 Å². The Hall–Kier alpha value is -3.86. The summed E-state index contributed by atoms with van der Waals surface area (Å²) in [5.74, 6) is 1.42. The minimum Gasteiger partial charge on any atom is -0.493 e. The summed E-state index contributed by atoms with van der Waals surface area (Å²) in [6.45, 7) is 7.79. The Morgan fingerprint density at radius 1 is 1.24 bits per heavy atom. The van der Waals surface area contributed by atoms with Crippen molar-refractivity contribution >= 4 is 29.0 Å². The summed E-state index contributed by atoms with van der Waals surface area (Å²) >= 11 is 1.22. The van der Waals surface area contributed by atoms with Gasteiger partial charge in [0.1, 0.15) is 0 Å². The average molecular weight is 484 g/mol. The van der Waals surface area contributed by atoms with Crippen LogP contribution in [0.1, 0.15) is 25.8 Å². The summed E-state index contributed by atoms with van der Waals surface area (Å²) < 4.78 is 13.2. The lowest BCUT2D eigenvalue weighted by Gasteiger charge is -2.18. The van der Waals surface area contributed by atoms with E-state index < -0.39 is 16.3 Å². The first-order chi connectivity index (χ1) is 16.3. The highest BCUT2D eigenvalue weighted by atomic mass is 32.2. The highest BCUT2D eigenvalue weighted by molar-refractivity contribution is 8.00. The SMILES string of the molecule is C=CCn1c(SC(C)C(=O)Nc2cccc([N+](=O)[O-])c2)nnc1C(C)Oc1ccccc1OC. The van der Waals surface area contributed by atoms with Gasteiger partial charge in [0.25, 0.3) is 5.69 Å². The van der Waals surface area contributed by atoms with Gasteiger partial charge in [-0.3, -0.25) is 19.5 Å². The fraction of sp³-hybridized carbons (Fsp3) is 0.261. The zero-order valence-corrected chi connectivity index (χ0v) is 19.8. The number of benzene rings is 2. The van der Waals surface area contributed by atoms with Crippen LogP contribution in [0, 0.1) is 10.1 Å². The van der Waals surface area contributed by atoms with E-state index in [0.717, 1.165) is 0 Å². The highest BCUT2D eigenvalue weighted by Gasteiger charge is 2.24. The molecule has 0 aliphatic carbocycles. The molecule has 3 rings (SSSR count). The normalized spacial score (nSPS) is 12.4. The Balaban J connectivity index is 1.74. The molecule has 1 heterocycles. The molecule has 0 aliphatic heterocycles. The molecule has 2 aromatic carbocycles. The number of nitro benzene ring substituents is 1. The van der Waals surface area contributed by atoms with Gasteiger partial charge in [-0.2, -0.15) is 0 Å². The lowest BCUT2D eigenvalue weighted by atomic mass is 10.2. The second-order valence-corrected chi connectivity index (χ2v) is 8.52. The van der Waals surface area contributed by atoms with Crippen LogP contribution in [0.3, 0.4) is 0 Å². The molecule has 1 N–H and O–H groups in total. The fourth-order valence-corrected chi connectivity index (χ4v) is 3.97. The molecule has 1 amide bonds. The van der Waals surface area contributed by atoms with Crippen LogP contribution in [0.2, 0.25) is 0 Å². The van der Waals surface area contributed by atoms with Gasteiger partial charge in [-0.15, -0.1) is 16.8 Å². The largest absolute Gasteiger partial charge is 0.493 e. The molecule has 0 aliphatic rings. The van der Waals surface area contributed by atoms with Gasteiger partial charge in [-0.25, -0.2) is 0 Å². The minimum absolute atomic E-state index is 0.0995. The zero-order valence-electron chi connectivity index (χ0n) is 19.0. The fourth-order valence-electron chi connectivity index (χ4n) is 3.10. The van der Waals surface area contributed by atoms with Gasteiger partial charge in [-0.05, 0) is 32.0 Å². The number of hydrogen-bond acceptors (Lipinski definition) is 8. The number of allylic oxidation sites excluding steroid dienone is 1. The number of rotatable bonds is 11. The second kappa shape index (κ2) is 11.3. The number of methoxy groups -OCH3 is 1. The van der Waals surface area contributed by atoms with Crippen molar-refractivity contribution in [2.45, 2.75) is 36.9 Å². The van der Waals surface area contributed by atoms with Gasteiger partial charge in [-0.1, -0.05) is 36.0 Å². The number of nitrogens with one attached hydrogen (secondary N) is 1. The molecule has 10 nitrogen and oxygen atoms in total. The van der Waals surface area contributed by atoms with Gasteiger partial charge in [0.15, 0.2) is 28.6 Å². The van der Waals surface area contributed by atoms with Crippen molar-refractivity contribution in [3.63, 3.8) is 0 Å². The number of para-hydroxylation sites is 2. The average Bonchev–Trinajstić information content (AvgIpc) is 3.22. The van der Waals surface area contributed by atoms with E-state index in [1.807, 2.05) is 23.6 Å². The third kappa shape index (κ3) is 5.93. The lowest BCUT2D eigenvalue weighted by molar-refractivity contribution is -0.384. The molecule has 0 saturated heterocycles. The maximum absolute atomic E-state index is 12.7. The van der Waals surface area contributed by atoms with E-state index in [9.17, 15) is 14.9 Å². The first-order valence-electron chi connectivity index (χ1n) is 10.4. The van der Waals surface area contributed by atoms with E-state index >= 15 is 0 Å². The number of hydrogen-bond donors (Lipinski definition) is 1. The second-order valence-electron chi connectivity index (χ2n) is 7.21. The molecule has 0 radical (unpaired) electrons. The number of nitrogens with zero attached hydrogens (tertiary/aromatic N) is 4. The first-order valence-corrected chi connectivity index (χ1v) is 11.3. The van der Waals surface area contributed by atoms with Crippen molar-refractivity contribution in [2.24, 2.45) is 0 Å². The van der Waals surface area contributed by atoms with Gasteiger partial charge >= 0.3 is 0 Å². The third-order valence-corrected chi connectivity index (χ3v) is 5.85. The third-order valence-electron chi connectivity index (χ3n) is 4.77. The van der Waals surface area contributed by atoms with E-state index in [4.69, 9.17) is 9.47 Å². The monoisotopic (exact) mass is 483 g/mol. The molecule has 0 fully saturated rings. The Morgan fingerprint density at radius 2 is 1.97 bits per heavy atom. The molecular formula is C23H25N5O5S. The molecule has 3 aromatic rings. The molecule has 0 bridgehead atoms. The lowest BCUT2D eigenvalue weighted by Crippen LogP contribution is -2.23. The van der Waals surface area contributed by atoms with E-state index in [1.165, 1.54) is 30.0 Å². The summed E-state index contributed by atoms with van der Waals surface area (Å²) in [7, 11) is 1.57. The van der Waals surface area contributed by atoms with E-state index in [-0.39, 0.29) is 11.6 Å². The molecule has 0 spiro atoms. The van der Waals surface area contributed by atoms with Crippen molar-refractivity contribution in [3.8, 4) is 11.5 Å². The molecule has 2 atom stereocenters. The van der Waals surface area contributed by atoms with Crippen LogP contribution in [0.5, 0.6) is 11.5 Å². The summed E-state index contributed by atoms with van der Waals surface area (Å²) in [5, 5.41) is 22.2. The Labute approximate surface area is 201 Å². The van der Waals surface area contributed by atoms with Crippen molar-refractivity contribution in [1.82, 2.24) is 14.8 Å². The number of carbonyl (C=O) groups excluding carboxylic acids is 1. The first kappa shape index (κ1) is 24.8. The molecule has 1 aromatic heterocycles. The van der Waals surface area contributed by atoms with Crippen molar-refractivity contribution in [3.05, 3.63) is 77.1 Å². The van der Waals surface area contributed by atoms with Gasteiger partial charge < -0.3 is 14.8 Å². The molecule has 178 valence electrons. The summed E-state index contributed by atoms with van der Waals surface area (Å²) in [4.78, 5) is 23.2. The number of anilines is 1. The smallest absolute Gasteiger partial charge is 0.271 e.